The van der Waals surface area contributed by atoms with Crippen molar-refractivity contribution in [3.05, 3.63) is 82.1 Å². The number of hydrogen-bond donors (Lipinski definition) is 2. The Balaban J connectivity index is 0.00000190. The molecule has 61 heavy (non-hydrogen) atoms. The van der Waals surface area contributed by atoms with Gasteiger partial charge in [0.25, 0.3) is 10.1 Å². The predicted octanol–water partition coefficient (Wildman–Crippen LogP) is 4.81. The van der Waals surface area contributed by atoms with Gasteiger partial charge in [0.1, 0.15) is 6.54 Å². The van der Waals surface area contributed by atoms with Crippen LogP contribution in [0.15, 0.2) is 54.3 Å². The van der Waals surface area contributed by atoms with Crippen LogP contribution in [-0.2, 0) is 52.3 Å². The summed E-state index contributed by atoms with van der Waals surface area (Å²) in [6.07, 6.45) is 7.36. The number of carbonyl (C=O) groups excluding carboxylic acids is 2. The topological polar surface area (TPSA) is 292 Å². The Morgan fingerprint density at radius 3 is 1.89 bits per heavy atom. The van der Waals surface area contributed by atoms with Gasteiger partial charge in [-0.25, -0.2) is 13.2 Å². The smallest absolute Gasteiger partial charge is 0.425 e. The van der Waals surface area contributed by atoms with Gasteiger partial charge in [0.2, 0.25) is 5.69 Å². The molecule has 0 amide bonds. The van der Waals surface area contributed by atoms with E-state index in [2.05, 4.69) is 0 Å². The minimum atomic E-state index is -4.51. The van der Waals surface area contributed by atoms with Gasteiger partial charge in [0, 0.05) is 77.2 Å². The number of carboxylic acids is 1. The van der Waals surface area contributed by atoms with E-state index in [1.807, 2.05) is 63.2 Å². The second-order valence-electron chi connectivity index (χ2n) is 14.8. The van der Waals surface area contributed by atoms with Crippen LogP contribution in [0.5, 0.6) is 0 Å². The van der Waals surface area contributed by atoms with Crippen LogP contribution in [-0.4, -0.2) is 109 Å². The maximum atomic E-state index is 13.6. The first-order valence-corrected chi connectivity index (χ1v) is 23.7. The maximum absolute atomic E-state index is 13.6. The zero-order chi connectivity index (χ0) is 46.0. The molecule has 2 heterocycles. The number of Topliss-reactive ketones (excluding diaryl/α,β-unsaturated/α-hetero) is 2. The van der Waals surface area contributed by atoms with Crippen LogP contribution in [0.2, 0.25) is 0 Å². The highest BCUT2D eigenvalue weighted by Gasteiger charge is 2.46. The lowest BCUT2D eigenvalue weighted by Gasteiger charge is -2.27. The van der Waals surface area contributed by atoms with Gasteiger partial charge in [0.05, 0.1) is 26.8 Å². The van der Waals surface area contributed by atoms with Crippen LogP contribution in [0, 0.1) is 0 Å². The second kappa shape index (κ2) is 22.4. The first-order chi connectivity index (χ1) is 27.6. The molecule has 0 saturated carbocycles. The monoisotopic (exact) mass is 932 g/mol. The fourth-order valence-corrected chi connectivity index (χ4v) is 8.31. The summed E-state index contributed by atoms with van der Waals surface area (Å²) in [5.41, 5.74) is 3.57. The minimum Gasteiger partial charge on any atom is -0.748 e. The summed E-state index contributed by atoms with van der Waals surface area (Å²) in [4.78, 5) is 40.5. The minimum absolute atomic E-state index is 0. The molecule has 0 spiro atoms. The number of benzene rings is 2. The third-order valence-electron chi connectivity index (χ3n) is 9.75. The zero-order valence-corrected chi connectivity index (χ0v) is 37.1. The first-order valence-electron chi connectivity index (χ1n) is 18.5. The van der Waals surface area contributed by atoms with Crippen LogP contribution in [0.4, 0.5) is 11.4 Å². The van der Waals surface area contributed by atoms with Crippen molar-refractivity contribution in [3.8, 4) is 0 Å². The van der Waals surface area contributed by atoms with Gasteiger partial charge in [-0.3, -0.25) is 14.1 Å². The Labute approximate surface area is 359 Å². The summed E-state index contributed by atoms with van der Waals surface area (Å²) in [6, 6.07) is 8.18. The number of fused-ring (bicyclic) bond motifs is 2. The standard InChI is InChI=1S/C38H48N2O10S2.CH4.2O3S/c1-7-12-31(41)26-22-27(32(42)13-8-2)35-30(24-26)40(19-11-21-52(48,49)50)34(38(35,5)6)15-9-14-33-37(3,4)28-23-25(36(43)44)16-17-29(28)39(33)18-10-20-51(45,46)47;;2*1-4(2)3/h9,14-17,22-24H,7-8,10-13,18-21H2,1-6H3,(H2-,43,44,45,46,47,48,49,50);1H4;;. The van der Waals surface area contributed by atoms with Crippen molar-refractivity contribution in [2.24, 2.45) is 0 Å². The molecule has 22 heteroatoms. The van der Waals surface area contributed by atoms with Gasteiger partial charge in [-0.1, -0.05) is 41.2 Å². The number of carbonyl (C=O) groups is 3. The molecule has 4 rings (SSSR count). The molecule has 2 N–H and O–H groups in total. The van der Waals surface area contributed by atoms with E-state index in [1.54, 1.807) is 30.3 Å². The summed E-state index contributed by atoms with van der Waals surface area (Å²) in [5.74, 6) is -2.38. The molecule has 0 unspecified atom stereocenters. The highest BCUT2D eigenvalue weighted by Crippen LogP contribution is 2.50. The Hall–Kier alpha value is -4.74. The van der Waals surface area contributed by atoms with Crippen LogP contribution >= 0.6 is 0 Å². The Kier molecular flexibility index (Phi) is 19.9. The molecule has 0 bridgehead atoms. The normalized spacial score (nSPS) is 15.5. The predicted molar refractivity (Wildman–Crippen MR) is 225 cm³/mol. The maximum Gasteiger partial charge on any atom is 0.425 e. The van der Waals surface area contributed by atoms with E-state index in [0.29, 0.717) is 46.6 Å². The zero-order valence-electron chi connectivity index (χ0n) is 33.8. The van der Waals surface area contributed by atoms with Gasteiger partial charge in [-0.2, -0.15) is 13.0 Å². The third kappa shape index (κ3) is 15.0. The molecule has 0 saturated heterocycles. The van der Waals surface area contributed by atoms with Crippen LogP contribution in [0.1, 0.15) is 130 Å². The quantitative estimate of drug-likeness (QED) is 0.122. The average Bonchev–Trinajstić information content (AvgIpc) is 3.44. The number of ketones is 2. The van der Waals surface area contributed by atoms with Crippen LogP contribution in [0.3, 0.4) is 0 Å². The van der Waals surface area contributed by atoms with Crippen molar-refractivity contribution in [1.82, 2.24) is 0 Å². The lowest BCUT2D eigenvalue weighted by Crippen LogP contribution is -2.29. The third-order valence-corrected chi connectivity index (χ3v) is 11.3. The second-order valence-corrected chi connectivity index (χ2v) is 18.7. The largest absolute Gasteiger partial charge is 0.748 e. The van der Waals surface area contributed by atoms with E-state index in [1.165, 1.54) is 6.07 Å². The average molecular weight is 933 g/mol. The molecular formula is C39H52N2O16S4. The number of anilines is 1. The molecule has 0 radical (unpaired) electrons. The van der Waals surface area contributed by atoms with E-state index in [-0.39, 0.29) is 63.3 Å². The molecule has 2 aromatic carbocycles. The van der Waals surface area contributed by atoms with Crippen LogP contribution in [0.25, 0.3) is 0 Å². The van der Waals surface area contributed by atoms with Gasteiger partial charge in [-0.15, -0.1) is 25.3 Å². The van der Waals surface area contributed by atoms with Crippen molar-refractivity contribution in [3.63, 3.8) is 0 Å². The van der Waals surface area contributed by atoms with Crippen molar-refractivity contribution < 1.29 is 75.3 Å². The van der Waals surface area contributed by atoms with Crippen LogP contribution < -0.4 is 4.90 Å². The van der Waals surface area contributed by atoms with Crippen molar-refractivity contribution >= 4 is 76.1 Å². The van der Waals surface area contributed by atoms with Gasteiger partial charge >= 0.3 is 27.2 Å². The van der Waals surface area contributed by atoms with E-state index in [9.17, 15) is 45.4 Å². The number of rotatable bonds is 17. The van der Waals surface area contributed by atoms with Gasteiger partial charge in [0.15, 0.2) is 17.3 Å². The molecule has 2 aliphatic heterocycles. The van der Waals surface area contributed by atoms with E-state index in [4.69, 9.17) is 25.3 Å². The SMILES string of the molecule is C.CCCC(=O)c1cc(C(=O)CCC)c2c(c1)N(CCCS(=O)(=O)[O-])C(=CC=CC1=[N+](CCCS(=O)(=O)O)c3ccc(C(=O)O)cc3C1(C)C)C2(C)C.O=S(=O)=O.O=S(=O)=O. The van der Waals surface area contributed by atoms with Crippen molar-refractivity contribution in [2.75, 3.05) is 29.5 Å². The number of allylic oxidation sites excluding steroid dienone is 4. The van der Waals surface area contributed by atoms with Gasteiger partial charge < -0.3 is 14.6 Å². The van der Waals surface area contributed by atoms with Crippen molar-refractivity contribution in [1.29, 1.82) is 0 Å². The fraction of sp³-hybridized carbons (Fsp3) is 0.487. The molecule has 2 aromatic rings. The summed E-state index contributed by atoms with van der Waals surface area (Å²) >= 11 is 0. The van der Waals surface area contributed by atoms with E-state index in [0.717, 1.165) is 11.3 Å². The molecule has 0 aliphatic carbocycles. The number of nitrogens with zero attached hydrogens (tertiary/aromatic N) is 2. The summed E-state index contributed by atoms with van der Waals surface area (Å²) in [7, 11) is -15.0. The highest BCUT2D eigenvalue weighted by molar-refractivity contribution is 7.85. The molecule has 338 valence electrons. The van der Waals surface area contributed by atoms with E-state index < -0.39 is 69.8 Å². The molecule has 18 nitrogen and oxygen atoms in total. The fourth-order valence-electron chi connectivity index (χ4n) is 7.33. The molecular weight excluding hydrogens is 881 g/mol. The Morgan fingerprint density at radius 2 is 1.38 bits per heavy atom. The summed E-state index contributed by atoms with van der Waals surface area (Å²) in [5, 5.41) is 9.69. The lowest BCUT2D eigenvalue weighted by atomic mass is 9.78. The number of hydrogen-bond acceptors (Lipinski definition) is 15. The van der Waals surface area contributed by atoms with E-state index >= 15 is 0 Å². The molecule has 0 fully saturated rings. The molecule has 0 atom stereocenters. The lowest BCUT2D eigenvalue weighted by molar-refractivity contribution is -0.437. The van der Waals surface area contributed by atoms with Crippen molar-refractivity contribution in [2.45, 2.75) is 98.3 Å². The van der Waals surface area contributed by atoms with Gasteiger partial charge in [-0.05, 0) is 69.0 Å². The summed E-state index contributed by atoms with van der Waals surface area (Å²) in [6.45, 7) is 11.9. The molecule has 2 aliphatic rings. The highest BCUT2D eigenvalue weighted by atomic mass is 32.2. The molecule has 0 aromatic heterocycles. The number of carboxylic acid groups (broad SMARTS) is 1. The Bertz CT molecular complexity index is 2520. The Morgan fingerprint density at radius 1 is 0.820 bits per heavy atom. The summed E-state index contributed by atoms with van der Waals surface area (Å²) < 4.78 is 120. The first kappa shape index (κ1) is 54.3. The number of aromatic carboxylic acids is 1.